The van der Waals surface area contributed by atoms with Crippen molar-refractivity contribution in [2.45, 2.75) is 24.8 Å². The first-order chi connectivity index (χ1) is 12.8. The number of nitrogens with one attached hydrogen (secondary N) is 1. The second kappa shape index (κ2) is 7.59. The molecule has 0 atom stereocenters. The second-order valence-electron chi connectivity index (χ2n) is 6.24. The van der Waals surface area contributed by atoms with Crippen LogP contribution in [0.2, 0.25) is 0 Å². The average molecular weight is 410 g/mol. The summed E-state index contributed by atoms with van der Waals surface area (Å²) in [6, 6.07) is 14.0. The third-order valence-electron chi connectivity index (χ3n) is 4.64. The van der Waals surface area contributed by atoms with E-state index in [9.17, 15) is 16.8 Å². The zero-order valence-corrected chi connectivity index (χ0v) is 16.9. The van der Waals surface area contributed by atoms with Crippen LogP contribution in [0.1, 0.15) is 18.1 Å². The van der Waals surface area contributed by atoms with Crippen LogP contribution in [-0.2, 0) is 33.2 Å². The van der Waals surface area contributed by atoms with Gasteiger partial charge in [0.25, 0.3) is 0 Å². The van der Waals surface area contributed by atoms with Gasteiger partial charge in [0, 0.05) is 19.6 Å². The van der Waals surface area contributed by atoms with Crippen LogP contribution >= 0.6 is 0 Å². The monoisotopic (exact) mass is 409 g/mol. The highest BCUT2D eigenvalue weighted by Crippen LogP contribution is 2.33. The van der Waals surface area contributed by atoms with E-state index in [0.29, 0.717) is 30.8 Å². The number of rotatable bonds is 7. The summed E-state index contributed by atoms with van der Waals surface area (Å²) in [6.07, 6.45) is 0.477. The van der Waals surface area contributed by atoms with Crippen molar-refractivity contribution < 1.29 is 16.8 Å². The van der Waals surface area contributed by atoms with E-state index in [4.69, 9.17) is 0 Å². The number of fused-ring (bicyclic) bond motifs is 1. The Labute approximate surface area is 160 Å². The van der Waals surface area contributed by atoms with Crippen LogP contribution in [-0.4, -0.2) is 41.3 Å². The Bertz CT molecular complexity index is 1020. The molecule has 1 aliphatic heterocycles. The van der Waals surface area contributed by atoms with Crippen LogP contribution in [0.15, 0.2) is 53.4 Å². The summed E-state index contributed by atoms with van der Waals surface area (Å²) in [5, 5.41) is 0. The van der Waals surface area contributed by atoms with Crippen LogP contribution < -0.4 is 9.03 Å². The lowest BCUT2D eigenvalue weighted by atomic mass is 10.2. The minimum absolute atomic E-state index is 0.139. The van der Waals surface area contributed by atoms with Gasteiger partial charge in [-0.25, -0.2) is 13.1 Å². The molecule has 146 valence electrons. The minimum atomic E-state index is -3.71. The van der Waals surface area contributed by atoms with Crippen molar-refractivity contribution in [3.05, 3.63) is 59.7 Å². The molecule has 0 saturated heterocycles. The van der Waals surface area contributed by atoms with Crippen molar-refractivity contribution in [3.8, 4) is 0 Å². The lowest BCUT2D eigenvalue weighted by molar-refractivity contribution is 0.421. The highest BCUT2D eigenvalue weighted by Gasteiger charge is 2.34. The van der Waals surface area contributed by atoms with Gasteiger partial charge in [-0.3, -0.25) is 4.31 Å². The van der Waals surface area contributed by atoms with Gasteiger partial charge in [0.1, 0.15) is 0 Å². The van der Waals surface area contributed by atoms with Crippen molar-refractivity contribution in [2.24, 2.45) is 0 Å². The van der Waals surface area contributed by atoms with Crippen LogP contribution in [0, 0.1) is 0 Å². The van der Waals surface area contributed by atoms with Crippen molar-refractivity contribution >= 4 is 25.9 Å². The predicted molar refractivity (Wildman–Crippen MR) is 105 cm³/mol. The molecular formula is C18H23N3O4S2. The first-order valence-corrected chi connectivity index (χ1v) is 11.6. The van der Waals surface area contributed by atoms with E-state index in [2.05, 4.69) is 4.72 Å². The molecular weight excluding hydrogens is 386 g/mol. The average Bonchev–Trinajstić information content (AvgIpc) is 3.10. The zero-order chi connectivity index (χ0) is 19.7. The SMILES string of the molecule is CCN(Cc1ccccc1)S(=O)(=O)N1CCc2cc(S(=O)(=O)NC)ccc21. The maximum Gasteiger partial charge on any atom is 0.304 e. The second-order valence-corrected chi connectivity index (χ2v) is 9.98. The Morgan fingerprint density at radius 3 is 2.41 bits per heavy atom. The van der Waals surface area contributed by atoms with Gasteiger partial charge < -0.3 is 0 Å². The highest BCUT2D eigenvalue weighted by molar-refractivity contribution is 7.90. The summed E-state index contributed by atoms with van der Waals surface area (Å²) >= 11 is 0. The molecule has 2 aromatic carbocycles. The topological polar surface area (TPSA) is 86.8 Å². The molecule has 0 aromatic heterocycles. The molecule has 1 aliphatic rings. The van der Waals surface area contributed by atoms with Crippen LogP contribution in [0.25, 0.3) is 0 Å². The Hall–Kier alpha value is -1.94. The van der Waals surface area contributed by atoms with Gasteiger partial charge in [0.05, 0.1) is 10.6 Å². The molecule has 1 heterocycles. The molecule has 0 unspecified atom stereocenters. The third-order valence-corrected chi connectivity index (χ3v) is 8.03. The molecule has 9 heteroatoms. The van der Waals surface area contributed by atoms with Crippen molar-refractivity contribution in [3.63, 3.8) is 0 Å². The van der Waals surface area contributed by atoms with Gasteiger partial charge in [-0.15, -0.1) is 0 Å². The molecule has 0 bridgehead atoms. The fraction of sp³-hybridized carbons (Fsp3) is 0.333. The third kappa shape index (κ3) is 3.86. The Morgan fingerprint density at radius 1 is 1.07 bits per heavy atom. The maximum absolute atomic E-state index is 13.2. The number of hydrogen-bond acceptors (Lipinski definition) is 4. The Morgan fingerprint density at radius 2 is 1.78 bits per heavy atom. The summed E-state index contributed by atoms with van der Waals surface area (Å²) in [5.74, 6) is 0. The first-order valence-electron chi connectivity index (χ1n) is 8.68. The maximum atomic E-state index is 13.2. The molecule has 0 fully saturated rings. The molecule has 0 spiro atoms. The van der Waals surface area contributed by atoms with Crippen LogP contribution in [0.4, 0.5) is 5.69 Å². The largest absolute Gasteiger partial charge is 0.304 e. The normalized spacial score (nSPS) is 14.6. The lowest BCUT2D eigenvalue weighted by Gasteiger charge is -2.28. The number of hydrogen-bond donors (Lipinski definition) is 1. The summed E-state index contributed by atoms with van der Waals surface area (Å²) in [6.45, 7) is 2.74. The molecule has 27 heavy (non-hydrogen) atoms. The number of benzene rings is 2. The fourth-order valence-electron chi connectivity index (χ4n) is 3.16. The summed E-state index contributed by atoms with van der Waals surface area (Å²) in [7, 11) is -5.93. The Kier molecular flexibility index (Phi) is 5.57. The molecule has 7 nitrogen and oxygen atoms in total. The van der Waals surface area contributed by atoms with Gasteiger partial charge in [0.15, 0.2) is 0 Å². The summed E-state index contributed by atoms with van der Waals surface area (Å²) in [5.41, 5.74) is 2.17. The molecule has 0 radical (unpaired) electrons. The van der Waals surface area contributed by atoms with Crippen LogP contribution in [0.5, 0.6) is 0 Å². The van der Waals surface area contributed by atoms with E-state index in [1.807, 2.05) is 30.3 Å². The Balaban J connectivity index is 1.91. The minimum Gasteiger partial charge on any atom is -0.257 e. The van der Waals surface area contributed by atoms with Crippen molar-refractivity contribution in [1.82, 2.24) is 9.03 Å². The van der Waals surface area contributed by atoms with Gasteiger partial charge in [-0.1, -0.05) is 37.3 Å². The molecule has 0 aliphatic carbocycles. The van der Waals surface area contributed by atoms with Gasteiger partial charge in [-0.05, 0) is 42.8 Å². The van der Waals surface area contributed by atoms with Gasteiger partial charge >= 0.3 is 10.2 Å². The molecule has 2 aromatic rings. The highest BCUT2D eigenvalue weighted by atomic mass is 32.2. The first kappa shape index (κ1) is 19.8. The molecule has 1 N–H and O–H groups in total. The predicted octanol–water partition coefficient (Wildman–Crippen LogP) is 1.72. The van der Waals surface area contributed by atoms with E-state index in [1.54, 1.807) is 19.1 Å². The van der Waals surface area contributed by atoms with E-state index < -0.39 is 20.2 Å². The zero-order valence-electron chi connectivity index (χ0n) is 15.3. The van der Waals surface area contributed by atoms with Gasteiger partial charge in [-0.2, -0.15) is 12.7 Å². The van der Waals surface area contributed by atoms with Crippen LogP contribution in [0.3, 0.4) is 0 Å². The van der Waals surface area contributed by atoms with E-state index in [1.165, 1.54) is 21.7 Å². The summed E-state index contributed by atoms with van der Waals surface area (Å²) < 4.78 is 55.4. The van der Waals surface area contributed by atoms with E-state index in [-0.39, 0.29) is 11.4 Å². The van der Waals surface area contributed by atoms with Crippen molar-refractivity contribution in [1.29, 1.82) is 0 Å². The van der Waals surface area contributed by atoms with Gasteiger partial charge in [0.2, 0.25) is 10.0 Å². The van der Waals surface area contributed by atoms with Crippen molar-refractivity contribution in [2.75, 3.05) is 24.4 Å². The lowest BCUT2D eigenvalue weighted by Crippen LogP contribution is -2.42. The number of sulfonamides is 1. The van der Waals surface area contributed by atoms with E-state index in [0.717, 1.165) is 5.56 Å². The summed E-state index contributed by atoms with van der Waals surface area (Å²) in [4.78, 5) is 0.139. The number of nitrogens with zero attached hydrogens (tertiary/aromatic N) is 2. The number of anilines is 1. The smallest absolute Gasteiger partial charge is 0.257 e. The van der Waals surface area contributed by atoms with E-state index >= 15 is 0 Å². The molecule has 0 amide bonds. The molecule has 0 saturated carbocycles. The quantitative estimate of drug-likeness (QED) is 0.754. The fourth-order valence-corrected chi connectivity index (χ4v) is 5.60. The molecule has 3 rings (SSSR count). The standard InChI is InChI=1S/C18H23N3O4S2/c1-3-20(14-15-7-5-4-6-8-15)27(24,25)21-12-11-16-13-17(9-10-18(16)21)26(22,23)19-2/h4-10,13,19H,3,11-12,14H2,1-2H3.